The molecule has 0 aliphatic rings. The number of carbonyl (C=O) groups is 1. The van der Waals surface area contributed by atoms with E-state index in [0.29, 0.717) is 0 Å². The first kappa shape index (κ1) is 11.9. The van der Waals surface area contributed by atoms with E-state index in [9.17, 15) is 19.3 Å². The van der Waals surface area contributed by atoms with Gasteiger partial charge in [0, 0.05) is 25.8 Å². The van der Waals surface area contributed by atoms with Crippen molar-refractivity contribution in [1.29, 1.82) is 0 Å². The number of rotatable bonds is 2. The Morgan fingerprint density at radius 1 is 1.50 bits per heavy atom. The van der Waals surface area contributed by atoms with Crippen LogP contribution in [0.15, 0.2) is 18.2 Å². The lowest BCUT2D eigenvalue weighted by Gasteiger charge is -2.11. The van der Waals surface area contributed by atoms with Crippen molar-refractivity contribution in [3.8, 4) is 0 Å². The number of nitro groups is 1. The molecule has 0 fully saturated rings. The van der Waals surface area contributed by atoms with Crippen LogP contribution in [0.25, 0.3) is 0 Å². The maximum Gasteiger partial charge on any atom is 0.321 e. The number of nitrogens with zero attached hydrogens (tertiary/aromatic N) is 2. The average molecular weight is 227 g/mol. The highest BCUT2D eigenvalue weighted by Gasteiger charge is 2.15. The SMILES string of the molecule is CN(C)C(=O)Nc1ccc(F)c([N+](=O)[O-])c1. The first-order chi connectivity index (χ1) is 7.41. The fourth-order valence-corrected chi connectivity index (χ4v) is 0.966. The van der Waals surface area contributed by atoms with Crippen molar-refractivity contribution in [2.24, 2.45) is 0 Å². The third kappa shape index (κ3) is 2.66. The molecule has 0 radical (unpaired) electrons. The third-order valence-corrected chi connectivity index (χ3v) is 1.80. The molecular weight excluding hydrogens is 217 g/mol. The zero-order valence-electron chi connectivity index (χ0n) is 8.73. The zero-order valence-corrected chi connectivity index (χ0v) is 8.73. The van der Waals surface area contributed by atoms with E-state index in [0.717, 1.165) is 12.1 Å². The van der Waals surface area contributed by atoms with Gasteiger partial charge in [0.2, 0.25) is 5.82 Å². The molecule has 86 valence electrons. The molecule has 1 rings (SSSR count). The smallest absolute Gasteiger partial charge is 0.321 e. The van der Waals surface area contributed by atoms with Crippen molar-refractivity contribution < 1.29 is 14.1 Å². The fraction of sp³-hybridized carbons (Fsp3) is 0.222. The minimum atomic E-state index is -0.937. The summed E-state index contributed by atoms with van der Waals surface area (Å²) in [5, 5.41) is 12.8. The number of benzene rings is 1. The predicted octanol–water partition coefficient (Wildman–Crippen LogP) is 1.83. The van der Waals surface area contributed by atoms with E-state index < -0.39 is 22.5 Å². The summed E-state index contributed by atoms with van der Waals surface area (Å²) in [7, 11) is 3.04. The van der Waals surface area contributed by atoms with Crippen LogP contribution in [0.1, 0.15) is 0 Å². The van der Waals surface area contributed by atoms with Gasteiger partial charge in [-0.15, -0.1) is 0 Å². The van der Waals surface area contributed by atoms with Crippen molar-refractivity contribution in [3.63, 3.8) is 0 Å². The van der Waals surface area contributed by atoms with Crippen molar-refractivity contribution in [2.45, 2.75) is 0 Å². The summed E-state index contributed by atoms with van der Waals surface area (Å²) >= 11 is 0. The Morgan fingerprint density at radius 3 is 2.62 bits per heavy atom. The largest absolute Gasteiger partial charge is 0.331 e. The van der Waals surface area contributed by atoms with E-state index in [4.69, 9.17) is 0 Å². The Morgan fingerprint density at radius 2 is 2.12 bits per heavy atom. The number of nitrogens with one attached hydrogen (secondary N) is 1. The van der Waals surface area contributed by atoms with Crippen LogP contribution in [-0.2, 0) is 0 Å². The summed E-state index contributed by atoms with van der Waals surface area (Å²) in [6, 6.07) is 2.71. The zero-order chi connectivity index (χ0) is 12.3. The highest BCUT2D eigenvalue weighted by molar-refractivity contribution is 5.89. The Labute approximate surface area is 90.8 Å². The van der Waals surface area contributed by atoms with Crippen LogP contribution in [-0.4, -0.2) is 29.9 Å². The van der Waals surface area contributed by atoms with Gasteiger partial charge in [0.25, 0.3) is 0 Å². The molecule has 7 heteroatoms. The lowest BCUT2D eigenvalue weighted by Crippen LogP contribution is -2.27. The lowest BCUT2D eigenvalue weighted by molar-refractivity contribution is -0.387. The lowest BCUT2D eigenvalue weighted by atomic mass is 10.2. The Bertz CT molecular complexity index is 434. The van der Waals surface area contributed by atoms with Gasteiger partial charge in [-0.05, 0) is 12.1 Å². The normalized spacial score (nSPS) is 9.69. The van der Waals surface area contributed by atoms with Crippen LogP contribution >= 0.6 is 0 Å². The molecule has 0 saturated carbocycles. The van der Waals surface area contributed by atoms with Crippen molar-refractivity contribution in [1.82, 2.24) is 4.90 Å². The van der Waals surface area contributed by atoms with E-state index in [1.165, 1.54) is 25.1 Å². The van der Waals surface area contributed by atoms with Crippen LogP contribution < -0.4 is 5.32 Å². The van der Waals surface area contributed by atoms with E-state index in [2.05, 4.69) is 5.32 Å². The second-order valence-electron chi connectivity index (χ2n) is 3.25. The topological polar surface area (TPSA) is 75.5 Å². The van der Waals surface area contributed by atoms with Gasteiger partial charge < -0.3 is 10.2 Å². The molecule has 6 nitrogen and oxygen atoms in total. The van der Waals surface area contributed by atoms with E-state index in [1.54, 1.807) is 0 Å². The van der Waals surface area contributed by atoms with Gasteiger partial charge in [-0.25, -0.2) is 4.79 Å². The van der Waals surface area contributed by atoms with E-state index in [-0.39, 0.29) is 5.69 Å². The first-order valence-corrected chi connectivity index (χ1v) is 4.34. The van der Waals surface area contributed by atoms with Crippen molar-refractivity contribution >= 4 is 17.4 Å². The molecule has 1 aromatic carbocycles. The van der Waals surface area contributed by atoms with Crippen LogP contribution in [0.3, 0.4) is 0 Å². The van der Waals surface area contributed by atoms with Gasteiger partial charge in [-0.2, -0.15) is 4.39 Å². The summed E-state index contributed by atoms with van der Waals surface area (Å²) in [5.41, 5.74) is -0.497. The number of amides is 2. The molecule has 0 bridgehead atoms. The van der Waals surface area contributed by atoms with Gasteiger partial charge in [-0.3, -0.25) is 10.1 Å². The molecule has 1 aromatic rings. The first-order valence-electron chi connectivity index (χ1n) is 4.34. The molecule has 0 heterocycles. The maximum atomic E-state index is 13.0. The van der Waals surface area contributed by atoms with Gasteiger partial charge in [0.15, 0.2) is 0 Å². The number of anilines is 1. The Hall–Kier alpha value is -2.18. The van der Waals surface area contributed by atoms with Crippen molar-refractivity contribution in [2.75, 3.05) is 19.4 Å². The van der Waals surface area contributed by atoms with Crippen LogP contribution in [0.5, 0.6) is 0 Å². The molecule has 0 aliphatic heterocycles. The minimum absolute atomic E-state index is 0.173. The number of carbonyl (C=O) groups excluding carboxylic acids is 1. The molecule has 0 saturated heterocycles. The standard InChI is InChI=1S/C9H10FN3O3/c1-12(2)9(14)11-6-3-4-7(10)8(5-6)13(15)16/h3-5H,1-2H3,(H,11,14). The Balaban J connectivity index is 2.95. The molecule has 0 atom stereocenters. The van der Waals surface area contributed by atoms with Crippen molar-refractivity contribution in [3.05, 3.63) is 34.1 Å². The average Bonchev–Trinajstić information content (AvgIpc) is 2.20. The monoisotopic (exact) mass is 227 g/mol. The highest BCUT2D eigenvalue weighted by Crippen LogP contribution is 2.21. The predicted molar refractivity (Wildman–Crippen MR) is 55.8 cm³/mol. The van der Waals surface area contributed by atoms with E-state index in [1.807, 2.05) is 0 Å². The molecule has 0 aromatic heterocycles. The maximum absolute atomic E-state index is 13.0. The quantitative estimate of drug-likeness (QED) is 0.618. The van der Waals surface area contributed by atoms with Gasteiger partial charge in [-0.1, -0.05) is 0 Å². The third-order valence-electron chi connectivity index (χ3n) is 1.80. The van der Waals surface area contributed by atoms with Crippen LogP contribution in [0.2, 0.25) is 0 Å². The molecule has 1 N–H and O–H groups in total. The highest BCUT2D eigenvalue weighted by atomic mass is 19.1. The molecule has 2 amide bonds. The van der Waals surface area contributed by atoms with Gasteiger partial charge in [0.1, 0.15) is 0 Å². The summed E-state index contributed by atoms with van der Waals surface area (Å²) in [6.07, 6.45) is 0. The summed E-state index contributed by atoms with van der Waals surface area (Å²) in [5.74, 6) is -0.937. The number of halogens is 1. The van der Waals surface area contributed by atoms with Gasteiger partial charge >= 0.3 is 11.7 Å². The molecular formula is C9H10FN3O3. The molecule has 0 aliphatic carbocycles. The number of urea groups is 1. The number of nitro benzene ring substituents is 1. The Kier molecular flexibility index (Phi) is 3.39. The van der Waals surface area contributed by atoms with Crippen LogP contribution in [0, 0.1) is 15.9 Å². The summed E-state index contributed by atoms with van der Waals surface area (Å²) < 4.78 is 13.0. The summed E-state index contributed by atoms with van der Waals surface area (Å²) in [6.45, 7) is 0. The minimum Gasteiger partial charge on any atom is -0.331 e. The van der Waals surface area contributed by atoms with Crippen LogP contribution in [0.4, 0.5) is 20.6 Å². The van der Waals surface area contributed by atoms with E-state index >= 15 is 0 Å². The second kappa shape index (κ2) is 4.56. The molecule has 16 heavy (non-hydrogen) atoms. The number of hydrogen-bond acceptors (Lipinski definition) is 3. The van der Waals surface area contributed by atoms with Gasteiger partial charge in [0.05, 0.1) is 4.92 Å². The fourth-order valence-electron chi connectivity index (χ4n) is 0.966. The summed E-state index contributed by atoms with van der Waals surface area (Å²) in [4.78, 5) is 22.1. The second-order valence-corrected chi connectivity index (χ2v) is 3.25. The molecule has 0 unspecified atom stereocenters. The number of hydrogen-bond donors (Lipinski definition) is 1. The molecule has 0 spiro atoms.